The Morgan fingerprint density at radius 1 is 1.14 bits per heavy atom. The van der Waals surface area contributed by atoms with E-state index in [1.54, 1.807) is 0 Å². The van der Waals surface area contributed by atoms with Crippen molar-refractivity contribution in [3.05, 3.63) is 29.8 Å². The number of nitrogens with zero attached hydrogens (tertiary/aromatic N) is 1. The van der Waals surface area contributed by atoms with Gasteiger partial charge in [-0.15, -0.1) is 0 Å². The van der Waals surface area contributed by atoms with Gasteiger partial charge in [0.25, 0.3) is 0 Å². The number of hydrogen-bond donors (Lipinski definition) is 0. The fourth-order valence-corrected chi connectivity index (χ4v) is 4.26. The van der Waals surface area contributed by atoms with E-state index in [4.69, 9.17) is 0 Å². The number of hydrogen-bond acceptors (Lipinski definition) is 2. The van der Waals surface area contributed by atoms with E-state index in [0.717, 1.165) is 24.1 Å². The number of anilines is 1. The Kier molecular flexibility index (Phi) is 2.46. The lowest BCUT2D eigenvalue weighted by Gasteiger charge is -2.40. The second-order valence-corrected chi connectivity index (χ2v) is 7.49. The highest BCUT2D eigenvalue weighted by Crippen LogP contribution is 2.55. The summed E-state index contributed by atoms with van der Waals surface area (Å²) in [5.74, 6) is 0.537. The molecule has 0 aromatic heterocycles. The third kappa shape index (κ3) is 1.66. The number of Topliss-reactive ketones (excluding diaryl/α,β-unsaturated/α-hetero) is 1. The summed E-state index contributed by atoms with van der Waals surface area (Å²) in [6, 6.07) is 8.59. The summed E-state index contributed by atoms with van der Waals surface area (Å²) in [5, 5.41) is 0. The van der Waals surface area contributed by atoms with Crippen molar-refractivity contribution in [2.24, 2.45) is 5.41 Å². The Labute approximate surface area is 125 Å². The van der Waals surface area contributed by atoms with Gasteiger partial charge in [-0.25, -0.2) is 0 Å². The molecule has 0 bridgehead atoms. The van der Waals surface area contributed by atoms with Crippen LogP contribution in [-0.4, -0.2) is 17.7 Å². The van der Waals surface area contributed by atoms with E-state index in [-0.39, 0.29) is 5.91 Å². The molecular weight excluding hydrogens is 262 g/mol. The fraction of sp³-hybridized carbons (Fsp3) is 0.556. The van der Waals surface area contributed by atoms with Gasteiger partial charge >= 0.3 is 0 Å². The first kappa shape index (κ1) is 13.1. The zero-order valence-electron chi connectivity index (χ0n) is 12.7. The first-order valence-electron chi connectivity index (χ1n) is 7.92. The standard InChI is InChI=1S/C18H21NO2/c1-17(2)11-18(10-9-15(17)20)13-5-3-4-6-14(13)19(16(18)21)12-7-8-12/h3-6,12H,7-11H2,1-2H3/t18-/m1/s1. The number of ketones is 1. The highest BCUT2D eigenvalue weighted by Gasteiger charge is 2.58. The van der Waals surface area contributed by atoms with E-state index in [2.05, 4.69) is 12.1 Å². The lowest BCUT2D eigenvalue weighted by Crippen LogP contribution is -2.49. The van der Waals surface area contributed by atoms with Crippen molar-refractivity contribution >= 4 is 17.4 Å². The van der Waals surface area contributed by atoms with Gasteiger partial charge in [-0.2, -0.15) is 0 Å². The van der Waals surface area contributed by atoms with Crippen LogP contribution >= 0.6 is 0 Å². The predicted molar refractivity (Wildman–Crippen MR) is 81.3 cm³/mol. The van der Waals surface area contributed by atoms with Crippen molar-refractivity contribution in [1.82, 2.24) is 0 Å². The minimum atomic E-state index is -0.462. The molecule has 1 atom stereocenters. The molecule has 1 aliphatic heterocycles. The molecule has 2 aliphatic carbocycles. The van der Waals surface area contributed by atoms with Crippen LogP contribution in [0.25, 0.3) is 0 Å². The van der Waals surface area contributed by atoms with Crippen LogP contribution in [-0.2, 0) is 15.0 Å². The first-order chi connectivity index (χ1) is 9.96. The van der Waals surface area contributed by atoms with Gasteiger partial charge in [0.2, 0.25) is 5.91 Å². The summed E-state index contributed by atoms with van der Waals surface area (Å²) in [5.41, 5.74) is 1.38. The molecule has 3 aliphatic rings. The van der Waals surface area contributed by atoms with Gasteiger partial charge < -0.3 is 4.90 Å². The SMILES string of the molecule is CC1(C)C[C@@]2(CCC1=O)C(=O)N(C1CC1)c1ccccc12. The summed E-state index contributed by atoms with van der Waals surface area (Å²) in [7, 11) is 0. The lowest BCUT2D eigenvalue weighted by molar-refractivity contribution is -0.135. The molecule has 1 heterocycles. The smallest absolute Gasteiger partial charge is 0.238 e. The maximum atomic E-state index is 13.2. The van der Waals surface area contributed by atoms with Gasteiger partial charge in [-0.1, -0.05) is 32.0 Å². The van der Waals surface area contributed by atoms with Gasteiger partial charge in [0.1, 0.15) is 5.78 Å². The Morgan fingerprint density at radius 3 is 2.52 bits per heavy atom. The van der Waals surface area contributed by atoms with E-state index >= 15 is 0 Å². The van der Waals surface area contributed by atoms with Crippen LogP contribution in [0.15, 0.2) is 24.3 Å². The largest absolute Gasteiger partial charge is 0.308 e. The fourth-order valence-electron chi connectivity index (χ4n) is 4.26. The zero-order chi connectivity index (χ0) is 14.8. The van der Waals surface area contributed by atoms with Crippen LogP contribution in [0.5, 0.6) is 0 Å². The number of fused-ring (bicyclic) bond motifs is 2. The maximum Gasteiger partial charge on any atom is 0.238 e. The van der Waals surface area contributed by atoms with E-state index in [9.17, 15) is 9.59 Å². The maximum absolute atomic E-state index is 13.2. The molecule has 1 aromatic rings. The van der Waals surface area contributed by atoms with Crippen molar-refractivity contribution < 1.29 is 9.59 Å². The molecule has 2 fully saturated rings. The monoisotopic (exact) mass is 283 g/mol. The normalized spacial score (nSPS) is 30.9. The second kappa shape index (κ2) is 3.96. The first-order valence-corrected chi connectivity index (χ1v) is 7.92. The molecule has 4 rings (SSSR count). The highest BCUT2D eigenvalue weighted by molar-refractivity contribution is 6.10. The molecule has 0 radical (unpaired) electrons. The Bertz CT molecular complexity index is 644. The number of para-hydroxylation sites is 1. The van der Waals surface area contributed by atoms with Crippen molar-refractivity contribution in [3.63, 3.8) is 0 Å². The van der Waals surface area contributed by atoms with Crippen LogP contribution in [0.3, 0.4) is 0 Å². The van der Waals surface area contributed by atoms with E-state index in [0.29, 0.717) is 31.1 Å². The van der Waals surface area contributed by atoms with Gasteiger partial charge in [-0.3, -0.25) is 9.59 Å². The average Bonchev–Trinajstić information content (AvgIpc) is 3.24. The molecule has 0 unspecified atom stereocenters. The van der Waals surface area contributed by atoms with Crippen LogP contribution < -0.4 is 4.90 Å². The van der Waals surface area contributed by atoms with Gasteiger partial charge in [0.15, 0.2) is 0 Å². The minimum absolute atomic E-state index is 0.242. The number of amides is 1. The van der Waals surface area contributed by atoms with Gasteiger partial charge in [0.05, 0.1) is 5.41 Å². The number of carbonyl (C=O) groups is 2. The van der Waals surface area contributed by atoms with Gasteiger partial charge in [-0.05, 0) is 37.3 Å². The highest BCUT2D eigenvalue weighted by atomic mass is 16.2. The molecule has 21 heavy (non-hydrogen) atoms. The Morgan fingerprint density at radius 2 is 1.86 bits per heavy atom. The second-order valence-electron chi connectivity index (χ2n) is 7.49. The molecule has 0 N–H and O–H groups in total. The summed E-state index contributed by atoms with van der Waals surface area (Å²) < 4.78 is 0. The summed E-state index contributed by atoms with van der Waals surface area (Å²) in [4.78, 5) is 27.4. The van der Waals surface area contributed by atoms with Crippen LogP contribution in [0.4, 0.5) is 5.69 Å². The van der Waals surface area contributed by atoms with Crippen LogP contribution in [0.2, 0.25) is 0 Å². The van der Waals surface area contributed by atoms with E-state index in [1.807, 2.05) is 30.9 Å². The third-order valence-corrected chi connectivity index (χ3v) is 5.50. The summed E-state index contributed by atoms with van der Waals surface area (Å²) >= 11 is 0. The zero-order valence-corrected chi connectivity index (χ0v) is 12.7. The van der Waals surface area contributed by atoms with Crippen LogP contribution in [0, 0.1) is 5.41 Å². The molecule has 110 valence electrons. The summed E-state index contributed by atoms with van der Waals surface area (Å²) in [6.07, 6.45) is 4.06. The third-order valence-electron chi connectivity index (χ3n) is 5.50. The molecular formula is C18H21NO2. The quantitative estimate of drug-likeness (QED) is 0.793. The molecule has 0 saturated heterocycles. The molecule has 1 aromatic carbocycles. The van der Waals surface area contributed by atoms with Crippen LogP contribution in [0.1, 0.15) is 51.5 Å². The molecule has 2 saturated carbocycles. The minimum Gasteiger partial charge on any atom is -0.308 e. The van der Waals surface area contributed by atoms with Crippen molar-refractivity contribution in [2.75, 3.05) is 4.90 Å². The Hall–Kier alpha value is -1.64. The number of rotatable bonds is 1. The number of benzene rings is 1. The molecule has 1 spiro atoms. The van der Waals surface area contributed by atoms with Gasteiger partial charge in [0, 0.05) is 23.6 Å². The van der Waals surface area contributed by atoms with Crippen molar-refractivity contribution in [1.29, 1.82) is 0 Å². The Balaban J connectivity index is 1.85. The predicted octanol–water partition coefficient (Wildman–Crippen LogP) is 3.21. The molecule has 3 nitrogen and oxygen atoms in total. The number of carbonyl (C=O) groups excluding carboxylic acids is 2. The molecule has 3 heteroatoms. The van der Waals surface area contributed by atoms with E-state index in [1.165, 1.54) is 0 Å². The van der Waals surface area contributed by atoms with E-state index < -0.39 is 10.8 Å². The topological polar surface area (TPSA) is 37.4 Å². The average molecular weight is 283 g/mol. The van der Waals surface area contributed by atoms with Crippen molar-refractivity contribution in [3.8, 4) is 0 Å². The molecule has 1 amide bonds. The lowest BCUT2D eigenvalue weighted by atomic mass is 9.60. The summed E-state index contributed by atoms with van der Waals surface area (Å²) in [6.45, 7) is 3.98. The van der Waals surface area contributed by atoms with Crippen molar-refractivity contribution in [2.45, 2.75) is 57.4 Å².